The maximum Gasteiger partial charge on any atom is 0.132 e. The molecular formula is C9H14BrN3. The lowest BCUT2D eigenvalue weighted by atomic mass is 10.3. The molecule has 1 N–H and O–H groups in total. The van der Waals surface area contributed by atoms with Crippen molar-refractivity contribution in [1.82, 2.24) is 9.97 Å². The molecule has 1 heterocycles. The van der Waals surface area contributed by atoms with Gasteiger partial charge in [0.05, 0.1) is 0 Å². The summed E-state index contributed by atoms with van der Waals surface area (Å²) in [7, 11) is 0. The molecule has 0 bridgehead atoms. The van der Waals surface area contributed by atoms with Crippen molar-refractivity contribution in [1.29, 1.82) is 0 Å². The van der Waals surface area contributed by atoms with Crippen LogP contribution < -0.4 is 5.32 Å². The summed E-state index contributed by atoms with van der Waals surface area (Å²) in [5.41, 5.74) is 0. The van der Waals surface area contributed by atoms with Crippen molar-refractivity contribution in [2.45, 2.75) is 26.7 Å². The van der Waals surface area contributed by atoms with E-state index in [0.717, 1.165) is 35.6 Å². The Morgan fingerprint density at radius 1 is 1.38 bits per heavy atom. The highest BCUT2D eigenvalue weighted by Gasteiger charge is 2.00. The fraction of sp³-hybridized carbons (Fsp3) is 0.556. The third-order valence-electron chi connectivity index (χ3n) is 1.57. The van der Waals surface area contributed by atoms with Gasteiger partial charge in [-0.1, -0.05) is 6.92 Å². The molecule has 0 aromatic carbocycles. The lowest BCUT2D eigenvalue weighted by Gasteiger charge is -2.04. The van der Waals surface area contributed by atoms with Crippen LogP contribution in [0.1, 0.15) is 26.1 Å². The molecule has 0 aliphatic carbocycles. The zero-order valence-corrected chi connectivity index (χ0v) is 9.56. The fourth-order valence-electron chi connectivity index (χ4n) is 1.07. The SMILES string of the molecule is CCCc1nc(Br)cc(NCC)n1. The molecule has 0 amide bonds. The van der Waals surface area contributed by atoms with Crippen LogP contribution in [0.15, 0.2) is 10.7 Å². The van der Waals surface area contributed by atoms with Crippen LogP contribution in [0.5, 0.6) is 0 Å². The van der Waals surface area contributed by atoms with Gasteiger partial charge in [0.1, 0.15) is 16.2 Å². The summed E-state index contributed by atoms with van der Waals surface area (Å²) >= 11 is 3.36. The van der Waals surface area contributed by atoms with E-state index in [9.17, 15) is 0 Å². The molecule has 3 nitrogen and oxygen atoms in total. The summed E-state index contributed by atoms with van der Waals surface area (Å²) in [5, 5.41) is 3.17. The molecule has 0 fully saturated rings. The number of aromatic nitrogens is 2. The maximum absolute atomic E-state index is 4.36. The molecule has 1 rings (SSSR count). The van der Waals surface area contributed by atoms with Gasteiger partial charge in [-0.2, -0.15) is 0 Å². The zero-order chi connectivity index (χ0) is 9.68. The van der Waals surface area contributed by atoms with Crippen LogP contribution in [-0.4, -0.2) is 16.5 Å². The minimum absolute atomic E-state index is 0.849. The molecule has 0 saturated heterocycles. The van der Waals surface area contributed by atoms with Crippen molar-refractivity contribution in [3.8, 4) is 0 Å². The Hall–Kier alpha value is -0.640. The number of halogens is 1. The standard InChI is InChI=1S/C9H14BrN3/c1-3-5-8-12-7(10)6-9(13-8)11-4-2/h6H,3-5H2,1-2H3,(H,11,12,13). The number of anilines is 1. The van der Waals surface area contributed by atoms with Gasteiger partial charge in [0.15, 0.2) is 0 Å². The van der Waals surface area contributed by atoms with E-state index in [0.29, 0.717) is 0 Å². The lowest BCUT2D eigenvalue weighted by molar-refractivity contribution is 0.829. The van der Waals surface area contributed by atoms with Crippen molar-refractivity contribution in [2.75, 3.05) is 11.9 Å². The van der Waals surface area contributed by atoms with Crippen LogP contribution in [0.25, 0.3) is 0 Å². The van der Waals surface area contributed by atoms with Crippen molar-refractivity contribution in [3.05, 3.63) is 16.5 Å². The smallest absolute Gasteiger partial charge is 0.132 e. The molecule has 0 radical (unpaired) electrons. The van der Waals surface area contributed by atoms with Crippen molar-refractivity contribution in [3.63, 3.8) is 0 Å². The van der Waals surface area contributed by atoms with Crippen molar-refractivity contribution >= 4 is 21.7 Å². The first-order chi connectivity index (χ1) is 6.26. The number of aryl methyl sites for hydroxylation is 1. The van der Waals surface area contributed by atoms with Crippen LogP contribution in [0, 0.1) is 0 Å². The highest BCUT2D eigenvalue weighted by Crippen LogP contribution is 2.12. The molecular weight excluding hydrogens is 230 g/mol. The second-order valence-corrected chi connectivity index (χ2v) is 3.58. The highest BCUT2D eigenvalue weighted by atomic mass is 79.9. The fourth-order valence-corrected chi connectivity index (χ4v) is 1.49. The van der Waals surface area contributed by atoms with Gasteiger partial charge in [0.2, 0.25) is 0 Å². The van der Waals surface area contributed by atoms with Crippen LogP contribution >= 0.6 is 15.9 Å². The number of hydrogen-bond donors (Lipinski definition) is 1. The summed E-state index contributed by atoms with van der Waals surface area (Å²) in [4.78, 5) is 8.63. The topological polar surface area (TPSA) is 37.8 Å². The van der Waals surface area contributed by atoms with Crippen LogP contribution in [0.3, 0.4) is 0 Å². The monoisotopic (exact) mass is 243 g/mol. The average molecular weight is 244 g/mol. The van der Waals surface area contributed by atoms with Gasteiger partial charge in [0.25, 0.3) is 0 Å². The van der Waals surface area contributed by atoms with Gasteiger partial charge in [-0.05, 0) is 29.3 Å². The normalized spacial score (nSPS) is 10.1. The summed E-state index contributed by atoms with van der Waals surface area (Å²) in [6.45, 7) is 5.06. The van der Waals surface area contributed by atoms with E-state index in [1.807, 2.05) is 6.07 Å². The minimum Gasteiger partial charge on any atom is -0.370 e. The largest absolute Gasteiger partial charge is 0.370 e. The Kier molecular flexibility index (Phi) is 4.15. The molecule has 0 aliphatic rings. The maximum atomic E-state index is 4.36. The summed E-state index contributed by atoms with van der Waals surface area (Å²) < 4.78 is 0.849. The highest BCUT2D eigenvalue weighted by molar-refractivity contribution is 9.10. The van der Waals surface area contributed by atoms with E-state index in [1.165, 1.54) is 0 Å². The molecule has 0 spiro atoms. The van der Waals surface area contributed by atoms with E-state index in [2.05, 4.69) is 45.1 Å². The Bertz CT molecular complexity index is 251. The molecule has 13 heavy (non-hydrogen) atoms. The first kappa shape index (κ1) is 10.4. The molecule has 4 heteroatoms. The lowest BCUT2D eigenvalue weighted by Crippen LogP contribution is -2.03. The van der Waals surface area contributed by atoms with Gasteiger partial charge in [-0.15, -0.1) is 0 Å². The van der Waals surface area contributed by atoms with Crippen LogP contribution in [0.2, 0.25) is 0 Å². The number of nitrogens with zero attached hydrogens (tertiary/aromatic N) is 2. The predicted molar refractivity (Wildman–Crippen MR) is 57.9 cm³/mol. The summed E-state index contributed by atoms with van der Waals surface area (Å²) in [6, 6.07) is 1.89. The third kappa shape index (κ3) is 3.30. The van der Waals surface area contributed by atoms with E-state index in [1.54, 1.807) is 0 Å². The molecule has 0 atom stereocenters. The van der Waals surface area contributed by atoms with Gasteiger partial charge in [-0.3, -0.25) is 0 Å². The quantitative estimate of drug-likeness (QED) is 0.827. The molecule has 1 aromatic heterocycles. The Morgan fingerprint density at radius 2 is 2.15 bits per heavy atom. The summed E-state index contributed by atoms with van der Waals surface area (Å²) in [6.07, 6.45) is 2.00. The molecule has 0 unspecified atom stereocenters. The van der Waals surface area contributed by atoms with Crippen LogP contribution in [0.4, 0.5) is 5.82 Å². The molecule has 0 aliphatic heterocycles. The second kappa shape index (κ2) is 5.17. The Morgan fingerprint density at radius 3 is 2.77 bits per heavy atom. The molecule has 72 valence electrons. The van der Waals surface area contributed by atoms with E-state index < -0.39 is 0 Å². The Labute approximate surface area is 87.1 Å². The Balaban J connectivity index is 2.83. The summed E-state index contributed by atoms with van der Waals surface area (Å²) in [5.74, 6) is 1.79. The van der Waals surface area contributed by atoms with Gasteiger partial charge >= 0.3 is 0 Å². The van der Waals surface area contributed by atoms with Crippen molar-refractivity contribution in [2.24, 2.45) is 0 Å². The van der Waals surface area contributed by atoms with Gasteiger partial charge in [0, 0.05) is 19.0 Å². The van der Waals surface area contributed by atoms with Gasteiger partial charge < -0.3 is 5.32 Å². The number of rotatable bonds is 4. The zero-order valence-electron chi connectivity index (χ0n) is 7.97. The second-order valence-electron chi connectivity index (χ2n) is 2.77. The molecule has 1 aromatic rings. The molecule has 0 saturated carbocycles. The minimum atomic E-state index is 0.849. The van der Waals surface area contributed by atoms with Gasteiger partial charge in [-0.25, -0.2) is 9.97 Å². The predicted octanol–water partition coefficient (Wildman–Crippen LogP) is 2.62. The first-order valence-corrected chi connectivity index (χ1v) is 5.33. The van der Waals surface area contributed by atoms with E-state index in [4.69, 9.17) is 0 Å². The third-order valence-corrected chi connectivity index (χ3v) is 1.98. The first-order valence-electron chi connectivity index (χ1n) is 4.53. The van der Waals surface area contributed by atoms with E-state index >= 15 is 0 Å². The average Bonchev–Trinajstić information content (AvgIpc) is 2.04. The number of nitrogens with one attached hydrogen (secondary N) is 1. The van der Waals surface area contributed by atoms with Crippen molar-refractivity contribution < 1.29 is 0 Å². The van der Waals surface area contributed by atoms with E-state index in [-0.39, 0.29) is 0 Å². The number of hydrogen-bond acceptors (Lipinski definition) is 3. The van der Waals surface area contributed by atoms with Crippen LogP contribution in [-0.2, 0) is 6.42 Å².